The number of nitroso groups, excluding NO2 is 1. The molecule has 0 saturated carbocycles. The van der Waals surface area contributed by atoms with Crippen LogP contribution in [0.5, 0.6) is 0 Å². The van der Waals surface area contributed by atoms with E-state index in [0.29, 0.717) is 12.5 Å². The van der Waals surface area contributed by atoms with E-state index in [2.05, 4.69) is 17.3 Å². The second kappa shape index (κ2) is 4.65. The number of hydrogen-bond acceptors (Lipinski definition) is 2. The van der Waals surface area contributed by atoms with Crippen molar-refractivity contribution in [3.8, 4) is 0 Å². The zero-order valence-electron chi connectivity index (χ0n) is 7.23. The second-order valence-electron chi connectivity index (χ2n) is 3.11. The van der Waals surface area contributed by atoms with Gasteiger partial charge in [-0.3, -0.25) is 0 Å². The van der Waals surface area contributed by atoms with Crippen molar-refractivity contribution in [2.45, 2.75) is 13.3 Å². The molecular formula is C10H13NO. The first-order valence-corrected chi connectivity index (χ1v) is 4.16. The van der Waals surface area contributed by atoms with Crippen molar-refractivity contribution in [2.75, 3.05) is 6.54 Å². The molecule has 12 heavy (non-hydrogen) atoms. The minimum Gasteiger partial charge on any atom is -0.151 e. The van der Waals surface area contributed by atoms with Crippen LogP contribution in [0.1, 0.15) is 12.5 Å². The fourth-order valence-corrected chi connectivity index (χ4v) is 1.21. The van der Waals surface area contributed by atoms with E-state index in [1.54, 1.807) is 0 Å². The Labute approximate surface area is 72.6 Å². The average Bonchev–Trinajstić information content (AvgIpc) is 2.06. The lowest BCUT2D eigenvalue weighted by Gasteiger charge is -2.05. The minimum absolute atomic E-state index is 0.352. The zero-order valence-corrected chi connectivity index (χ0v) is 7.23. The Morgan fingerprint density at radius 2 is 2.00 bits per heavy atom. The van der Waals surface area contributed by atoms with Crippen LogP contribution >= 0.6 is 0 Å². The molecule has 0 saturated heterocycles. The Hall–Kier alpha value is -1.18. The third kappa shape index (κ3) is 2.82. The molecule has 1 atom stereocenters. The van der Waals surface area contributed by atoms with E-state index in [0.717, 1.165) is 6.42 Å². The molecule has 1 aromatic rings. The number of benzene rings is 1. The SMILES string of the molecule is C[C@H](CN=O)Cc1ccccc1. The minimum atomic E-state index is 0.352. The van der Waals surface area contributed by atoms with Crippen molar-refractivity contribution in [3.63, 3.8) is 0 Å². The molecule has 0 fully saturated rings. The van der Waals surface area contributed by atoms with Gasteiger partial charge in [-0.1, -0.05) is 42.4 Å². The maximum absolute atomic E-state index is 9.96. The topological polar surface area (TPSA) is 29.4 Å². The van der Waals surface area contributed by atoms with E-state index in [4.69, 9.17) is 0 Å². The summed E-state index contributed by atoms with van der Waals surface area (Å²) < 4.78 is 0. The lowest BCUT2D eigenvalue weighted by molar-refractivity contribution is 0.592. The summed E-state index contributed by atoms with van der Waals surface area (Å²) in [5.41, 5.74) is 1.27. The molecule has 0 spiro atoms. The fraction of sp³-hybridized carbons (Fsp3) is 0.400. The van der Waals surface area contributed by atoms with Crippen LogP contribution in [-0.2, 0) is 6.42 Å². The molecular weight excluding hydrogens is 150 g/mol. The molecule has 0 unspecified atom stereocenters. The Bertz CT molecular complexity index is 233. The number of nitrogens with zero attached hydrogens (tertiary/aromatic N) is 1. The van der Waals surface area contributed by atoms with Gasteiger partial charge in [0.1, 0.15) is 0 Å². The molecule has 0 radical (unpaired) electrons. The van der Waals surface area contributed by atoms with Crippen LogP contribution in [0.3, 0.4) is 0 Å². The molecule has 0 aliphatic heterocycles. The molecule has 64 valence electrons. The lowest BCUT2D eigenvalue weighted by atomic mass is 10.0. The van der Waals surface area contributed by atoms with Crippen LogP contribution in [0.2, 0.25) is 0 Å². The standard InChI is InChI=1S/C10H13NO/c1-9(8-11-12)7-10-5-3-2-4-6-10/h2-6,9H,7-8H2,1H3/t9-/m0/s1. The van der Waals surface area contributed by atoms with Crippen LogP contribution in [0.25, 0.3) is 0 Å². The van der Waals surface area contributed by atoms with Crippen molar-refractivity contribution < 1.29 is 0 Å². The van der Waals surface area contributed by atoms with Crippen LogP contribution in [-0.4, -0.2) is 6.54 Å². The highest BCUT2D eigenvalue weighted by Gasteiger charge is 2.02. The van der Waals surface area contributed by atoms with Gasteiger partial charge >= 0.3 is 0 Å². The molecule has 0 aliphatic rings. The van der Waals surface area contributed by atoms with Crippen LogP contribution in [0, 0.1) is 10.8 Å². The normalized spacial score (nSPS) is 12.4. The third-order valence-corrected chi connectivity index (χ3v) is 1.81. The van der Waals surface area contributed by atoms with Crippen molar-refractivity contribution in [2.24, 2.45) is 11.1 Å². The predicted molar refractivity (Wildman–Crippen MR) is 50.0 cm³/mol. The van der Waals surface area contributed by atoms with E-state index in [9.17, 15) is 4.91 Å². The van der Waals surface area contributed by atoms with Gasteiger partial charge in [-0.15, -0.1) is 0 Å². The van der Waals surface area contributed by atoms with Crippen molar-refractivity contribution >= 4 is 0 Å². The quantitative estimate of drug-likeness (QED) is 0.627. The molecule has 0 aliphatic carbocycles. The molecule has 2 nitrogen and oxygen atoms in total. The highest BCUT2D eigenvalue weighted by molar-refractivity contribution is 5.15. The van der Waals surface area contributed by atoms with E-state index < -0.39 is 0 Å². The van der Waals surface area contributed by atoms with Gasteiger partial charge in [0.15, 0.2) is 0 Å². The van der Waals surface area contributed by atoms with E-state index in [1.807, 2.05) is 25.1 Å². The summed E-state index contributed by atoms with van der Waals surface area (Å²) in [6, 6.07) is 10.2. The van der Waals surface area contributed by atoms with Gasteiger partial charge in [-0.2, -0.15) is 4.91 Å². The molecule has 1 rings (SSSR count). The van der Waals surface area contributed by atoms with E-state index in [-0.39, 0.29) is 0 Å². The summed E-state index contributed by atoms with van der Waals surface area (Å²) in [5.74, 6) is 0.352. The predicted octanol–water partition coefficient (Wildman–Crippen LogP) is 2.63. The highest BCUT2D eigenvalue weighted by Crippen LogP contribution is 2.07. The summed E-state index contributed by atoms with van der Waals surface area (Å²) in [5, 5.41) is 2.88. The van der Waals surface area contributed by atoms with Gasteiger partial charge in [-0.05, 0) is 17.9 Å². The lowest BCUT2D eigenvalue weighted by Crippen LogP contribution is -2.02. The summed E-state index contributed by atoms with van der Waals surface area (Å²) in [4.78, 5) is 9.96. The van der Waals surface area contributed by atoms with Gasteiger partial charge in [0, 0.05) is 0 Å². The second-order valence-corrected chi connectivity index (χ2v) is 3.11. The van der Waals surface area contributed by atoms with Crippen molar-refractivity contribution in [1.29, 1.82) is 0 Å². The van der Waals surface area contributed by atoms with Crippen LogP contribution < -0.4 is 0 Å². The van der Waals surface area contributed by atoms with Gasteiger partial charge in [0.05, 0.1) is 6.54 Å². The van der Waals surface area contributed by atoms with E-state index in [1.165, 1.54) is 5.56 Å². The van der Waals surface area contributed by atoms with Crippen molar-refractivity contribution in [1.82, 2.24) is 0 Å². The zero-order chi connectivity index (χ0) is 8.81. The first kappa shape index (κ1) is 8.91. The largest absolute Gasteiger partial charge is 0.151 e. The highest BCUT2D eigenvalue weighted by atomic mass is 16.3. The van der Waals surface area contributed by atoms with Crippen molar-refractivity contribution in [3.05, 3.63) is 40.8 Å². The summed E-state index contributed by atoms with van der Waals surface area (Å²) >= 11 is 0. The molecule has 0 N–H and O–H groups in total. The third-order valence-electron chi connectivity index (χ3n) is 1.81. The van der Waals surface area contributed by atoms with Gasteiger partial charge in [0.25, 0.3) is 0 Å². The Morgan fingerprint density at radius 1 is 1.33 bits per heavy atom. The average molecular weight is 163 g/mol. The van der Waals surface area contributed by atoms with Crippen LogP contribution in [0.15, 0.2) is 35.5 Å². The monoisotopic (exact) mass is 163 g/mol. The summed E-state index contributed by atoms with van der Waals surface area (Å²) in [7, 11) is 0. The molecule has 0 aromatic heterocycles. The van der Waals surface area contributed by atoms with E-state index >= 15 is 0 Å². The van der Waals surface area contributed by atoms with Gasteiger partial charge in [0.2, 0.25) is 0 Å². The fourth-order valence-electron chi connectivity index (χ4n) is 1.21. The van der Waals surface area contributed by atoms with Gasteiger partial charge in [-0.25, -0.2) is 0 Å². The van der Waals surface area contributed by atoms with Crippen LogP contribution in [0.4, 0.5) is 0 Å². The Kier molecular flexibility index (Phi) is 3.45. The Morgan fingerprint density at radius 3 is 2.58 bits per heavy atom. The maximum Gasteiger partial charge on any atom is 0.0839 e. The maximum atomic E-state index is 9.96. The first-order chi connectivity index (χ1) is 5.83. The smallest absolute Gasteiger partial charge is 0.0839 e. The number of rotatable bonds is 4. The molecule has 2 heteroatoms. The molecule has 0 bridgehead atoms. The number of hydrogen-bond donors (Lipinski definition) is 0. The summed E-state index contributed by atoms with van der Waals surface area (Å²) in [6.45, 7) is 2.45. The van der Waals surface area contributed by atoms with Gasteiger partial charge < -0.3 is 0 Å². The first-order valence-electron chi connectivity index (χ1n) is 4.16. The molecule has 0 amide bonds. The molecule has 1 aromatic carbocycles. The summed E-state index contributed by atoms with van der Waals surface area (Å²) in [6.07, 6.45) is 0.937. The molecule has 0 heterocycles. The Balaban J connectivity index is 2.46.